The maximum atomic E-state index is 11.7. The van der Waals surface area contributed by atoms with E-state index >= 15 is 0 Å². The number of amides is 2. The highest BCUT2D eigenvalue weighted by molar-refractivity contribution is 6.30. The Morgan fingerprint density at radius 1 is 1.21 bits per heavy atom. The molecule has 0 atom stereocenters. The number of aromatic nitrogens is 3. The van der Waals surface area contributed by atoms with Crippen LogP contribution in [0.2, 0.25) is 5.02 Å². The zero-order chi connectivity index (χ0) is 16.8. The van der Waals surface area contributed by atoms with Gasteiger partial charge in [-0.2, -0.15) is 4.98 Å². The van der Waals surface area contributed by atoms with Crippen molar-refractivity contribution in [2.45, 2.75) is 6.42 Å². The summed E-state index contributed by atoms with van der Waals surface area (Å²) in [5.74, 6) is 1.38. The van der Waals surface area contributed by atoms with Crippen molar-refractivity contribution >= 4 is 23.4 Å². The molecule has 0 aliphatic carbocycles. The Kier molecular flexibility index (Phi) is 5.02. The van der Waals surface area contributed by atoms with Crippen molar-refractivity contribution in [3.8, 4) is 11.4 Å². The molecule has 0 radical (unpaired) electrons. The van der Waals surface area contributed by atoms with E-state index in [1.807, 2.05) is 12.1 Å². The SMILES string of the molecule is O=C(NCCc1nc(-c2cccc(Cl)c2)no1)Nc1ccccn1. The molecule has 0 aliphatic heterocycles. The minimum absolute atomic E-state index is 0.344. The zero-order valence-corrected chi connectivity index (χ0v) is 13.3. The fraction of sp³-hybridized carbons (Fsp3) is 0.125. The number of urea groups is 1. The molecule has 1 aromatic carbocycles. The predicted molar refractivity (Wildman–Crippen MR) is 89.7 cm³/mol. The van der Waals surface area contributed by atoms with Crippen LogP contribution < -0.4 is 10.6 Å². The molecule has 7 nitrogen and oxygen atoms in total. The number of halogens is 1. The molecule has 0 spiro atoms. The van der Waals surface area contributed by atoms with Crippen molar-refractivity contribution in [2.75, 3.05) is 11.9 Å². The van der Waals surface area contributed by atoms with Crippen LogP contribution in [0.15, 0.2) is 53.2 Å². The fourth-order valence-electron chi connectivity index (χ4n) is 1.98. The summed E-state index contributed by atoms with van der Waals surface area (Å²) in [5.41, 5.74) is 0.776. The van der Waals surface area contributed by atoms with E-state index in [2.05, 4.69) is 25.8 Å². The van der Waals surface area contributed by atoms with Crippen molar-refractivity contribution < 1.29 is 9.32 Å². The first-order chi connectivity index (χ1) is 11.7. The molecule has 0 bridgehead atoms. The smallest absolute Gasteiger partial charge is 0.320 e. The van der Waals surface area contributed by atoms with Gasteiger partial charge in [-0.1, -0.05) is 35.0 Å². The van der Waals surface area contributed by atoms with Gasteiger partial charge in [0.15, 0.2) is 0 Å². The number of rotatable bonds is 5. The van der Waals surface area contributed by atoms with E-state index in [1.54, 1.807) is 36.5 Å². The molecule has 3 rings (SSSR count). The largest absolute Gasteiger partial charge is 0.339 e. The minimum atomic E-state index is -0.344. The summed E-state index contributed by atoms with van der Waals surface area (Å²) >= 11 is 5.94. The Morgan fingerprint density at radius 2 is 2.12 bits per heavy atom. The van der Waals surface area contributed by atoms with Gasteiger partial charge < -0.3 is 9.84 Å². The summed E-state index contributed by atoms with van der Waals surface area (Å²) in [5, 5.41) is 9.84. The Morgan fingerprint density at radius 3 is 2.92 bits per heavy atom. The lowest BCUT2D eigenvalue weighted by Gasteiger charge is -2.05. The lowest BCUT2D eigenvalue weighted by atomic mass is 10.2. The summed E-state index contributed by atoms with van der Waals surface area (Å²) in [4.78, 5) is 20.0. The van der Waals surface area contributed by atoms with Gasteiger partial charge in [0.2, 0.25) is 11.7 Å². The van der Waals surface area contributed by atoms with Crippen LogP contribution in [0.1, 0.15) is 5.89 Å². The Balaban J connectivity index is 1.50. The van der Waals surface area contributed by atoms with Gasteiger partial charge in [0.05, 0.1) is 0 Å². The third kappa shape index (κ3) is 4.30. The van der Waals surface area contributed by atoms with Crippen LogP contribution in [0.4, 0.5) is 10.6 Å². The molecule has 2 aromatic heterocycles. The second-order valence-electron chi connectivity index (χ2n) is 4.87. The van der Waals surface area contributed by atoms with Crippen LogP contribution in [0.5, 0.6) is 0 Å². The van der Waals surface area contributed by atoms with Crippen LogP contribution in [0.3, 0.4) is 0 Å². The first-order valence-corrected chi connectivity index (χ1v) is 7.63. The van der Waals surface area contributed by atoms with Gasteiger partial charge in [0.25, 0.3) is 0 Å². The normalized spacial score (nSPS) is 10.4. The Bertz CT molecular complexity index is 822. The Labute approximate surface area is 143 Å². The number of benzene rings is 1. The van der Waals surface area contributed by atoms with E-state index in [9.17, 15) is 4.79 Å². The molecule has 122 valence electrons. The maximum absolute atomic E-state index is 11.7. The van der Waals surface area contributed by atoms with Gasteiger partial charge in [-0.25, -0.2) is 9.78 Å². The number of nitrogens with one attached hydrogen (secondary N) is 2. The average molecular weight is 344 g/mol. The first kappa shape index (κ1) is 15.9. The third-order valence-corrected chi connectivity index (χ3v) is 3.32. The minimum Gasteiger partial charge on any atom is -0.339 e. The van der Waals surface area contributed by atoms with Crippen molar-refractivity contribution in [3.05, 3.63) is 59.6 Å². The van der Waals surface area contributed by atoms with Crippen molar-refractivity contribution in [3.63, 3.8) is 0 Å². The molecule has 8 heteroatoms. The van der Waals surface area contributed by atoms with E-state index in [0.29, 0.717) is 35.5 Å². The second kappa shape index (κ2) is 7.56. The van der Waals surface area contributed by atoms with Crippen molar-refractivity contribution in [1.82, 2.24) is 20.4 Å². The summed E-state index contributed by atoms with van der Waals surface area (Å²) < 4.78 is 5.17. The molecule has 0 fully saturated rings. The predicted octanol–water partition coefficient (Wildman–Crippen LogP) is 3.15. The lowest BCUT2D eigenvalue weighted by Crippen LogP contribution is -2.30. The van der Waals surface area contributed by atoms with Crippen molar-refractivity contribution in [1.29, 1.82) is 0 Å². The summed E-state index contributed by atoms with van der Waals surface area (Å²) in [7, 11) is 0. The molecule has 2 amide bonds. The van der Waals surface area contributed by atoms with E-state index in [1.165, 1.54) is 0 Å². The van der Waals surface area contributed by atoms with Gasteiger partial charge in [0, 0.05) is 29.7 Å². The number of hydrogen-bond donors (Lipinski definition) is 2. The van der Waals surface area contributed by atoms with Gasteiger partial charge in [0.1, 0.15) is 5.82 Å². The molecular weight excluding hydrogens is 330 g/mol. The lowest BCUT2D eigenvalue weighted by molar-refractivity contribution is 0.251. The van der Waals surface area contributed by atoms with E-state index < -0.39 is 0 Å². The van der Waals surface area contributed by atoms with Gasteiger partial charge in [-0.3, -0.25) is 5.32 Å². The quantitative estimate of drug-likeness (QED) is 0.742. The number of anilines is 1. The van der Waals surface area contributed by atoms with Gasteiger partial charge >= 0.3 is 6.03 Å². The molecule has 2 heterocycles. The Hall–Kier alpha value is -2.93. The molecule has 2 N–H and O–H groups in total. The average Bonchev–Trinajstić information content (AvgIpc) is 3.05. The summed E-state index contributed by atoms with van der Waals surface area (Å²) in [6, 6.07) is 12.1. The standard InChI is InChI=1S/C16H14ClN5O2/c17-12-5-3-4-11(10-12)15-21-14(24-22-15)7-9-19-16(23)20-13-6-1-2-8-18-13/h1-6,8,10H,7,9H2,(H2,18,19,20,23). The molecule has 0 unspecified atom stereocenters. The van der Waals surface area contributed by atoms with Gasteiger partial charge in [-0.05, 0) is 24.3 Å². The second-order valence-corrected chi connectivity index (χ2v) is 5.30. The highest BCUT2D eigenvalue weighted by atomic mass is 35.5. The number of pyridine rings is 1. The number of hydrogen-bond acceptors (Lipinski definition) is 5. The molecule has 24 heavy (non-hydrogen) atoms. The van der Waals surface area contributed by atoms with Crippen LogP contribution in [0.25, 0.3) is 11.4 Å². The van der Waals surface area contributed by atoms with Crippen LogP contribution in [-0.4, -0.2) is 27.7 Å². The summed E-state index contributed by atoms with van der Waals surface area (Å²) in [6.45, 7) is 0.357. The van der Waals surface area contributed by atoms with Crippen LogP contribution in [-0.2, 0) is 6.42 Å². The van der Waals surface area contributed by atoms with Crippen LogP contribution >= 0.6 is 11.6 Å². The topological polar surface area (TPSA) is 92.9 Å². The van der Waals surface area contributed by atoms with E-state index in [-0.39, 0.29) is 6.03 Å². The first-order valence-electron chi connectivity index (χ1n) is 7.25. The van der Waals surface area contributed by atoms with E-state index in [0.717, 1.165) is 5.56 Å². The molecule has 0 saturated heterocycles. The third-order valence-electron chi connectivity index (χ3n) is 3.08. The number of nitrogens with zero attached hydrogens (tertiary/aromatic N) is 3. The number of carbonyl (C=O) groups excluding carboxylic acids is 1. The van der Waals surface area contributed by atoms with E-state index in [4.69, 9.17) is 16.1 Å². The molecule has 0 aliphatic rings. The molecular formula is C16H14ClN5O2. The summed E-state index contributed by atoms with van der Waals surface area (Å²) in [6.07, 6.45) is 2.02. The van der Waals surface area contributed by atoms with Crippen molar-refractivity contribution in [2.24, 2.45) is 0 Å². The maximum Gasteiger partial charge on any atom is 0.320 e. The highest BCUT2D eigenvalue weighted by Gasteiger charge is 2.09. The van der Waals surface area contributed by atoms with Gasteiger partial charge in [-0.15, -0.1) is 0 Å². The fourth-order valence-corrected chi connectivity index (χ4v) is 2.17. The monoisotopic (exact) mass is 343 g/mol. The zero-order valence-electron chi connectivity index (χ0n) is 12.6. The number of carbonyl (C=O) groups is 1. The highest BCUT2D eigenvalue weighted by Crippen LogP contribution is 2.19. The molecule has 0 saturated carbocycles. The molecule has 3 aromatic rings. The van der Waals surface area contributed by atoms with Crippen LogP contribution in [0, 0.1) is 0 Å².